The molecule has 4 nitrogen and oxygen atoms in total. The largest absolute Gasteiger partial charge is 0.370 e. The van der Waals surface area contributed by atoms with Gasteiger partial charge in [-0.15, -0.1) is 0 Å². The minimum Gasteiger partial charge on any atom is -0.370 e. The first-order chi connectivity index (χ1) is 10.5. The average molecular weight is 321 g/mol. The molecule has 0 bridgehead atoms. The third kappa shape index (κ3) is 4.05. The molecular weight excluding hydrogens is 307 g/mol. The molecule has 0 unspecified atom stereocenters. The van der Waals surface area contributed by atoms with Crippen LogP contribution in [-0.2, 0) is 4.79 Å². The molecule has 0 saturated heterocycles. The minimum absolute atomic E-state index is 0.00365. The summed E-state index contributed by atoms with van der Waals surface area (Å²) in [5, 5.41) is 0.430. The van der Waals surface area contributed by atoms with E-state index in [1.54, 1.807) is 18.2 Å². The zero-order valence-corrected chi connectivity index (χ0v) is 12.4. The van der Waals surface area contributed by atoms with E-state index >= 15 is 0 Å². The quantitative estimate of drug-likeness (QED) is 0.920. The fourth-order valence-electron chi connectivity index (χ4n) is 1.97. The first-order valence-corrected chi connectivity index (χ1v) is 6.96. The van der Waals surface area contributed by atoms with Crippen molar-refractivity contribution in [3.8, 4) is 0 Å². The van der Waals surface area contributed by atoms with Crippen LogP contribution in [0.3, 0.4) is 0 Å². The van der Waals surface area contributed by atoms with Gasteiger partial charge in [-0.25, -0.2) is 4.39 Å². The first-order valence-electron chi connectivity index (χ1n) is 6.58. The van der Waals surface area contributed by atoms with Gasteiger partial charge in [-0.05, 0) is 42.5 Å². The van der Waals surface area contributed by atoms with Crippen LogP contribution in [0.2, 0.25) is 5.02 Å². The molecule has 114 valence electrons. The summed E-state index contributed by atoms with van der Waals surface area (Å²) in [5.74, 6) is -1.27. The summed E-state index contributed by atoms with van der Waals surface area (Å²) >= 11 is 5.89. The molecule has 2 N–H and O–H groups in total. The number of hydrogen-bond acceptors (Lipinski definition) is 2. The molecule has 0 fully saturated rings. The number of primary amides is 1. The molecule has 0 spiro atoms. The van der Waals surface area contributed by atoms with Gasteiger partial charge in [0.2, 0.25) is 5.91 Å². The molecule has 2 rings (SSSR count). The number of rotatable bonds is 5. The van der Waals surface area contributed by atoms with E-state index in [-0.39, 0.29) is 18.9 Å². The van der Waals surface area contributed by atoms with Gasteiger partial charge in [0.15, 0.2) is 0 Å². The predicted molar refractivity (Wildman–Crippen MR) is 83.3 cm³/mol. The Bertz CT molecular complexity index is 689. The summed E-state index contributed by atoms with van der Waals surface area (Å²) in [5.41, 5.74) is 6.00. The lowest BCUT2D eigenvalue weighted by Gasteiger charge is -2.22. The van der Waals surface area contributed by atoms with Crippen molar-refractivity contribution in [2.24, 2.45) is 5.73 Å². The lowest BCUT2D eigenvalue weighted by molar-refractivity contribution is -0.117. The Hall–Kier alpha value is -2.40. The Kier molecular flexibility index (Phi) is 5.12. The summed E-state index contributed by atoms with van der Waals surface area (Å²) in [6.07, 6.45) is 0.00365. The number of nitrogens with two attached hydrogens (primary N) is 1. The van der Waals surface area contributed by atoms with Crippen molar-refractivity contribution in [2.75, 3.05) is 11.4 Å². The first kappa shape index (κ1) is 16.0. The van der Waals surface area contributed by atoms with E-state index in [0.29, 0.717) is 16.3 Å². The second kappa shape index (κ2) is 7.04. The predicted octanol–water partition coefficient (Wildman–Crippen LogP) is 3.00. The number of amides is 2. The van der Waals surface area contributed by atoms with Crippen LogP contribution in [0.4, 0.5) is 10.1 Å². The number of halogens is 2. The molecule has 0 atom stereocenters. The molecule has 0 aliphatic rings. The van der Waals surface area contributed by atoms with E-state index in [0.717, 1.165) is 0 Å². The Morgan fingerprint density at radius 2 is 1.82 bits per heavy atom. The fraction of sp³-hybridized carbons (Fsp3) is 0.125. The van der Waals surface area contributed by atoms with Crippen molar-refractivity contribution in [2.45, 2.75) is 6.42 Å². The number of carbonyl (C=O) groups excluding carboxylic acids is 2. The highest BCUT2D eigenvalue weighted by atomic mass is 35.5. The standard InChI is InChI=1S/C16H14ClFN2O2/c17-12-3-1-2-11(10-12)16(22)20(9-8-15(19)21)14-6-4-13(18)5-7-14/h1-7,10H,8-9H2,(H2,19,21). The number of hydrogen-bond donors (Lipinski definition) is 1. The van der Waals surface area contributed by atoms with Crippen molar-refractivity contribution in [1.82, 2.24) is 0 Å². The Morgan fingerprint density at radius 3 is 2.41 bits per heavy atom. The van der Waals surface area contributed by atoms with Crippen LogP contribution < -0.4 is 10.6 Å². The second-order valence-electron chi connectivity index (χ2n) is 4.66. The van der Waals surface area contributed by atoms with E-state index in [4.69, 9.17) is 17.3 Å². The minimum atomic E-state index is -0.522. The SMILES string of the molecule is NC(=O)CCN(C(=O)c1cccc(Cl)c1)c1ccc(F)cc1. The number of nitrogens with zero attached hydrogens (tertiary/aromatic N) is 1. The molecule has 6 heteroatoms. The monoisotopic (exact) mass is 320 g/mol. The van der Waals surface area contributed by atoms with Gasteiger partial charge in [-0.1, -0.05) is 17.7 Å². The number of carbonyl (C=O) groups is 2. The third-order valence-electron chi connectivity index (χ3n) is 3.04. The van der Waals surface area contributed by atoms with Crippen molar-refractivity contribution >= 4 is 29.1 Å². The maximum absolute atomic E-state index is 13.0. The third-order valence-corrected chi connectivity index (χ3v) is 3.27. The van der Waals surface area contributed by atoms with Crippen molar-refractivity contribution < 1.29 is 14.0 Å². The summed E-state index contributed by atoms with van der Waals surface area (Å²) in [6, 6.07) is 11.9. The highest BCUT2D eigenvalue weighted by Gasteiger charge is 2.18. The Morgan fingerprint density at radius 1 is 1.14 bits per heavy atom. The van der Waals surface area contributed by atoms with Crippen molar-refractivity contribution in [3.05, 3.63) is 64.9 Å². The molecule has 2 aromatic carbocycles. The zero-order valence-electron chi connectivity index (χ0n) is 11.6. The molecule has 2 aromatic rings. The van der Waals surface area contributed by atoms with Crippen molar-refractivity contribution in [3.63, 3.8) is 0 Å². The van der Waals surface area contributed by atoms with Gasteiger partial charge < -0.3 is 10.6 Å². The highest BCUT2D eigenvalue weighted by molar-refractivity contribution is 6.31. The fourth-order valence-corrected chi connectivity index (χ4v) is 2.16. The molecule has 0 heterocycles. The van der Waals surface area contributed by atoms with Gasteiger partial charge in [0.25, 0.3) is 5.91 Å². The summed E-state index contributed by atoms with van der Waals surface area (Å²) < 4.78 is 13.0. The summed E-state index contributed by atoms with van der Waals surface area (Å²) in [6.45, 7) is 0.103. The summed E-state index contributed by atoms with van der Waals surface area (Å²) in [7, 11) is 0. The van der Waals surface area contributed by atoms with Crippen LogP contribution in [0, 0.1) is 5.82 Å². The van der Waals surface area contributed by atoms with Crippen molar-refractivity contribution in [1.29, 1.82) is 0 Å². The second-order valence-corrected chi connectivity index (χ2v) is 5.10. The Labute approximate surface area is 132 Å². The average Bonchev–Trinajstić information content (AvgIpc) is 2.48. The lowest BCUT2D eigenvalue weighted by atomic mass is 10.1. The van der Waals surface area contributed by atoms with Gasteiger partial charge in [-0.3, -0.25) is 9.59 Å². The van der Waals surface area contributed by atoms with Crippen LogP contribution in [0.25, 0.3) is 0 Å². The van der Waals surface area contributed by atoms with Gasteiger partial charge in [-0.2, -0.15) is 0 Å². The molecule has 0 aliphatic heterocycles. The normalized spacial score (nSPS) is 10.3. The van der Waals surface area contributed by atoms with Crippen LogP contribution in [0.15, 0.2) is 48.5 Å². The van der Waals surface area contributed by atoms with Crippen LogP contribution in [0.5, 0.6) is 0 Å². The molecular formula is C16H14ClFN2O2. The molecule has 22 heavy (non-hydrogen) atoms. The smallest absolute Gasteiger partial charge is 0.258 e. The van der Waals surface area contributed by atoms with Crippen LogP contribution in [0.1, 0.15) is 16.8 Å². The maximum atomic E-state index is 13.0. The van der Waals surface area contributed by atoms with E-state index in [2.05, 4.69) is 0 Å². The molecule has 2 amide bonds. The highest BCUT2D eigenvalue weighted by Crippen LogP contribution is 2.20. The zero-order chi connectivity index (χ0) is 16.1. The lowest BCUT2D eigenvalue weighted by Crippen LogP contribution is -2.34. The van der Waals surface area contributed by atoms with Gasteiger partial charge >= 0.3 is 0 Å². The van der Waals surface area contributed by atoms with Crippen LogP contribution in [-0.4, -0.2) is 18.4 Å². The molecule has 0 aliphatic carbocycles. The molecule has 0 saturated carbocycles. The van der Waals surface area contributed by atoms with E-state index in [1.807, 2.05) is 0 Å². The van der Waals surface area contributed by atoms with Crippen LogP contribution >= 0.6 is 11.6 Å². The molecule has 0 radical (unpaired) electrons. The van der Waals surface area contributed by atoms with E-state index in [1.165, 1.54) is 35.2 Å². The van der Waals surface area contributed by atoms with Gasteiger partial charge in [0.1, 0.15) is 5.82 Å². The number of anilines is 1. The number of benzene rings is 2. The summed E-state index contributed by atoms with van der Waals surface area (Å²) in [4.78, 5) is 25.0. The van der Waals surface area contributed by atoms with E-state index < -0.39 is 11.7 Å². The van der Waals surface area contributed by atoms with Gasteiger partial charge in [0, 0.05) is 29.2 Å². The van der Waals surface area contributed by atoms with E-state index in [9.17, 15) is 14.0 Å². The Balaban J connectivity index is 2.32. The maximum Gasteiger partial charge on any atom is 0.258 e. The topological polar surface area (TPSA) is 63.4 Å². The molecule has 0 aromatic heterocycles. The van der Waals surface area contributed by atoms with Gasteiger partial charge in [0.05, 0.1) is 0 Å².